The van der Waals surface area contributed by atoms with E-state index in [0.717, 1.165) is 32.6 Å². The Morgan fingerprint density at radius 3 is 2.86 bits per heavy atom. The number of rotatable bonds is 2. The number of hydrogen-bond donors (Lipinski definition) is 2. The van der Waals surface area contributed by atoms with Crippen LogP contribution in [0.5, 0.6) is 0 Å². The first-order valence-electron chi connectivity index (χ1n) is 5.81. The van der Waals surface area contributed by atoms with Crippen LogP contribution in [0.15, 0.2) is 0 Å². The molecule has 0 bridgehead atoms. The molecule has 82 valence electrons. The van der Waals surface area contributed by atoms with Gasteiger partial charge in [-0.15, -0.1) is 0 Å². The minimum absolute atomic E-state index is 0.0291. The van der Waals surface area contributed by atoms with Crippen LogP contribution in [0.3, 0.4) is 0 Å². The fourth-order valence-corrected chi connectivity index (χ4v) is 2.78. The summed E-state index contributed by atoms with van der Waals surface area (Å²) in [7, 11) is 0. The molecule has 14 heavy (non-hydrogen) atoms. The van der Waals surface area contributed by atoms with Crippen molar-refractivity contribution < 1.29 is 9.84 Å². The first-order valence-corrected chi connectivity index (χ1v) is 5.81. The van der Waals surface area contributed by atoms with Crippen LogP contribution >= 0.6 is 0 Å². The third-order valence-corrected chi connectivity index (χ3v) is 3.75. The lowest BCUT2D eigenvalue weighted by Crippen LogP contribution is -2.58. The second-order valence-electron chi connectivity index (χ2n) is 4.61. The molecule has 0 amide bonds. The highest BCUT2D eigenvalue weighted by Crippen LogP contribution is 2.32. The molecule has 2 aliphatic heterocycles. The van der Waals surface area contributed by atoms with Gasteiger partial charge in [-0.2, -0.15) is 0 Å². The smallest absolute Gasteiger partial charge is 0.0616 e. The maximum atomic E-state index is 9.58. The fraction of sp³-hybridized carbons (Fsp3) is 1.00. The zero-order chi connectivity index (χ0) is 9.86. The van der Waals surface area contributed by atoms with Crippen molar-refractivity contribution >= 4 is 0 Å². The number of nitrogens with one attached hydrogen (secondary N) is 1. The molecule has 0 aromatic rings. The van der Waals surface area contributed by atoms with E-state index in [4.69, 9.17) is 4.74 Å². The van der Waals surface area contributed by atoms with Gasteiger partial charge >= 0.3 is 0 Å². The largest absolute Gasteiger partial charge is 0.394 e. The average molecular weight is 199 g/mol. The molecule has 0 radical (unpaired) electrons. The van der Waals surface area contributed by atoms with Crippen molar-refractivity contribution in [1.29, 1.82) is 0 Å². The summed E-state index contributed by atoms with van der Waals surface area (Å²) in [6.45, 7) is 3.05. The Bertz CT molecular complexity index is 172. The van der Waals surface area contributed by atoms with Crippen molar-refractivity contribution in [2.75, 3.05) is 26.4 Å². The lowest BCUT2D eigenvalue weighted by molar-refractivity contribution is -0.0198. The van der Waals surface area contributed by atoms with E-state index >= 15 is 0 Å². The topological polar surface area (TPSA) is 41.5 Å². The zero-order valence-corrected chi connectivity index (χ0v) is 8.80. The predicted octanol–water partition coefficient (Wildman–Crippen LogP) is 0.918. The Kier molecular flexibility index (Phi) is 3.42. The van der Waals surface area contributed by atoms with Gasteiger partial charge in [0.25, 0.3) is 0 Å². The maximum Gasteiger partial charge on any atom is 0.0616 e. The van der Waals surface area contributed by atoms with E-state index in [1.165, 1.54) is 19.3 Å². The van der Waals surface area contributed by atoms with E-state index in [-0.39, 0.29) is 12.1 Å². The van der Waals surface area contributed by atoms with Crippen molar-refractivity contribution in [2.45, 2.75) is 37.6 Å². The van der Waals surface area contributed by atoms with Crippen molar-refractivity contribution in [3.05, 3.63) is 0 Å². The van der Waals surface area contributed by atoms with E-state index in [1.807, 2.05) is 0 Å². The van der Waals surface area contributed by atoms with Crippen LogP contribution in [0.1, 0.15) is 32.1 Å². The third kappa shape index (κ3) is 1.95. The molecular weight excluding hydrogens is 178 g/mol. The Morgan fingerprint density at radius 1 is 1.36 bits per heavy atom. The molecule has 2 aliphatic rings. The van der Waals surface area contributed by atoms with Gasteiger partial charge in [0.05, 0.1) is 13.2 Å². The minimum Gasteiger partial charge on any atom is -0.394 e. The van der Waals surface area contributed by atoms with E-state index in [0.29, 0.717) is 5.92 Å². The predicted molar refractivity (Wildman–Crippen MR) is 55.2 cm³/mol. The minimum atomic E-state index is -0.0291. The van der Waals surface area contributed by atoms with Crippen LogP contribution in [0.4, 0.5) is 0 Å². The third-order valence-electron chi connectivity index (χ3n) is 3.75. The molecule has 0 aromatic heterocycles. The summed E-state index contributed by atoms with van der Waals surface area (Å²) in [6.07, 6.45) is 5.94. The molecule has 2 unspecified atom stereocenters. The number of piperidine rings is 1. The van der Waals surface area contributed by atoms with Crippen LogP contribution in [-0.4, -0.2) is 37.0 Å². The molecule has 2 saturated heterocycles. The maximum absolute atomic E-state index is 9.58. The van der Waals surface area contributed by atoms with Gasteiger partial charge in [0.1, 0.15) is 0 Å². The Morgan fingerprint density at radius 2 is 2.29 bits per heavy atom. The second kappa shape index (κ2) is 4.60. The first kappa shape index (κ1) is 10.4. The molecule has 2 N–H and O–H groups in total. The highest BCUT2D eigenvalue weighted by Gasteiger charge is 2.39. The monoisotopic (exact) mass is 199 g/mol. The van der Waals surface area contributed by atoms with Crippen LogP contribution < -0.4 is 5.32 Å². The van der Waals surface area contributed by atoms with Gasteiger partial charge in [-0.1, -0.05) is 6.42 Å². The average Bonchev–Trinajstić information content (AvgIpc) is 2.31. The van der Waals surface area contributed by atoms with Crippen molar-refractivity contribution in [3.63, 3.8) is 0 Å². The van der Waals surface area contributed by atoms with Gasteiger partial charge in [-0.05, 0) is 32.2 Å². The van der Waals surface area contributed by atoms with Crippen LogP contribution in [0, 0.1) is 5.92 Å². The normalized spacial score (nSPS) is 39.6. The van der Waals surface area contributed by atoms with Crippen molar-refractivity contribution in [2.24, 2.45) is 5.92 Å². The summed E-state index contributed by atoms with van der Waals surface area (Å²) in [5.74, 6) is 0.515. The summed E-state index contributed by atoms with van der Waals surface area (Å²) < 4.78 is 5.51. The van der Waals surface area contributed by atoms with Gasteiger partial charge in [-0.3, -0.25) is 0 Å². The van der Waals surface area contributed by atoms with E-state index in [9.17, 15) is 5.11 Å². The SMILES string of the molecule is OCC1(C2CCCOC2)CCCCN1. The molecule has 0 aromatic carbocycles. The summed E-state index contributed by atoms with van der Waals surface area (Å²) >= 11 is 0. The first-order chi connectivity index (χ1) is 6.87. The lowest BCUT2D eigenvalue weighted by Gasteiger charge is -2.44. The van der Waals surface area contributed by atoms with Crippen LogP contribution in [-0.2, 0) is 4.74 Å². The molecule has 0 spiro atoms. The molecule has 2 fully saturated rings. The van der Waals surface area contributed by atoms with E-state index in [1.54, 1.807) is 0 Å². The Hall–Kier alpha value is -0.120. The van der Waals surface area contributed by atoms with Crippen molar-refractivity contribution in [1.82, 2.24) is 5.32 Å². The van der Waals surface area contributed by atoms with Gasteiger partial charge < -0.3 is 15.2 Å². The summed E-state index contributed by atoms with van der Waals surface area (Å²) in [6, 6.07) is 0. The van der Waals surface area contributed by atoms with Gasteiger partial charge in [0.15, 0.2) is 0 Å². The fourth-order valence-electron chi connectivity index (χ4n) is 2.78. The zero-order valence-electron chi connectivity index (χ0n) is 8.80. The lowest BCUT2D eigenvalue weighted by atomic mass is 9.75. The summed E-state index contributed by atoms with van der Waals surface area (Å²) in [5.41, 5.74) is -0.0291. The molecule has 0 aliphatic carbocycles. The number of aliphatic hydroxyl groups excluding tert-OH is 1. The van der Waals surface area contributed by atoms with Gasteiger partial charge in [0.2, 0.25) is 0 Å². The molecule has 2 rings (SSSR count). The Labute approximate surface area is 85.8 Å². The molecule has 2 atom stereocenters. The molecule has 3 nitrogen and oxygen atoms in total. The summed E-state index contributed by atoms with van der Waals surface area (Å²) in [5, 5.41) is 13.1. The van der Waals surface area contributed by atoms with E-state index < -0.39 is 0 Å². The van der Waals surface area contributed by atoms with E-state index in [2.05, 4.69) is 5.32 Å². The molecule has 2 heterocycles. The highest BCUT2D eigenvalue weighted by molar-refractivity contribution is 4.97. The van der Waals surface area contributed by atoms with Gasteiger partial charge in [-0.25, -0.2) is 0 Å². The number of hydrogen-bond acceptors (Lipinski definition) is 3. The quantitative estimate of drug-likeness (QED) is 0.695. The Balaban J connectivity index is 2.01. The highest BCUT2D eigenvalue weighted by atomic mass is 16.5. The molecular formula is C11H21NO2. The van der Waals surface area contributed by atoms with Crippen molar-refractivity contribution in [3.8, 4) is 0 Å². The van der Waals surface area contributed by atoms with Crippen LogP contribution in [0.25, 0.3) is 0 Å². The van der Waals surface area contributed by atoms with Gasteiger partial charge in [0, 0.05) is 18.1 Å². The van der Waals surface area contributed by atoms with Crippen LogP contribution in [0.2, 0.25) is 0 Å². The molecule has 3 heteroatoms. The standard InChI is InChI=1S/C11H21NO2/c13-9-11(5-1-2-6-12-11)10-4-3-7-14-8-10/h10,12-13H,1-9H2. The number of ether oxygens (including phenoxy) is 1. The summed E-state index contributed by atoms with van der Waals surface area (Å²) in [4.78, 5) is 0. The second-order valence-corrected chi connectivity index (χ2v) is 4.61. The molecule has 0 saturated carbocycles. The number of aliphatic hydroxyl groups is 1.